The van der Waals surface area contributed by atoms with Crippen molar-refractivity contribution in [1.29, 1.82) is 0 Å². The molecule has 3 N–H and O–H groups in total. The van der Waals surface area contributed by atoms with E-state index in [1.807, 2.05) is 31.2 Å². The normalized spacial score (nSPS) is 15.7. The van der Waals surface area contributed by atoms with Crippen LogP contribution < -0.4 is 15.4 Å². The number of anilines is 2. The molecule has 192 valence electrons. The number of aliphatic hydroxyl groups is 1. The molecule has 0 saturated carbocycles. The van der Waals surface area contributed by atoms with Gasteiger partial charge in [0.25, 0.3) is 0 Å². The molecule has 1 aliphatic rings. The summed E-state index contributed by atoms with van der Waals surface area (Å²) in [4.78, 5) is 12.7. The van der Waals surface area contributed by atoms with E-state index in [1.165, 1.54) is 18.2 Å². The average molecular weight is 509 g/mol. The van der Waals surface area contributed by atoms with Gasteiger partial charge in [0.15, 0.2) is 0 Å². The number of amides is 1. The molecule has 37 heavy (non-hydrogen) atoms. The first-order valence-electron chi connectivity index (χ1n) is 11.9. The number of alkyl halides is 3. The number of hydrogen-bond donors (Lipinski definition) is 3. The predicted molar refractivity (Wildman–Crippen MR) is 139 cm³/mol. The Hall–Kier alpha value is -4.04. The molecule has 3 aromatic rings. The van der Waals surface area contributed by atoms with Gasteiger partial charge in [0, 0.05) is 36.0 Å². The van der Waals surface area contributed by atoms with E-state index >= 15 is 0 Å². The lowest BCUT2D eigenvalue weighted by molar-refractivity contribution is -0.137. The van der Waals surface area contributed by atoms with E-state index in [9.17, 15) is 23.1 Å². The summed E-state index contributed by atoms with van der Waals surface area (Å²) in [7, 11) is 0. The molecule has 0 spiro atoms. The van der Waals surface area contributed by atoms with Crippen LogP contribution in [0.3, 0.4) is 0 Å². The van der Waals surface area contributed by atoms with Crippen LogP contribution in [0, 0.1) is 0 Å². The van der Waals surface area contributed by atoms with Gasteiger partial charge in [-0.2, -0.15) is 13.2 Å². The van der Waals surface area contributed by atoms with Gasteiger partial charge in [-0.1, -0.05) is 42.5 Å². The molecule has 0 saturated heterocycles. The minimum absolute atomic E-state index is 0.372. The highest BCUT2D eigenvalue weighted by Crippen LogP contribution is 2.32. The molecule has 1 unspecified atom stereocenters. The molecule has 4 rings (SSSR count). The maximum absolute atomic E-state index is 13.1. The first kappa shape index (κ1) is 26.0. The van der Waals surface area contributed by atoms with Gasteiger partial charge in [0.05, 0.1) is 18.3 Å². The van der Waals surface area contributed by atoms with Crippen LogP contribution in [0.5, 0.6) is 5.75 Å². The Kier molecular flexibility index (Phi) is 7.98. The number of aliphatic hydroxyl groups excluding tert-OH is 1. The molecular formula is C29H27F3N2O3. The van der Waals surface area contributed by atoms with Gasteiger partial charge in [-0.05, 0) is 60.0 Å². The van der Waals surface area contributed by atoms with Crippen molar-refractivity contribution in [3.8, 4) is 5.75 Å². The fraction of sp³-hybridized carbons (Fsp3) is 0.207. The Morgan fingerprint density at radius 3 is 2.41 bits per heavy atom. The first-order chi connectivity index (χ1) is 17.7. The van der Waals surface area contributed by atoms with Gasteiger partial charge in [0.2, 0.25) is 5.91 Å². The van der Waals surface area contributed by atoms with Crippen molar-refractivity contribution in [3.63, 3.8) is 0 Å². The zero-order chi connectivity index (χ0) is 26.4. The second-order valence-electron chi connectivity index (χ2n) is 8.53. The minimum atomic E-state index is -4.43. The zero-order valence-corrected chi connectivity index (χ0v) is 20.2. The van der Waals surface area contributed by atoms with Crippen LogP contribution in [0.25, 0.3) is 5.57 Å². The lowest BCUT2D eigenvalue weighted by Crippen LogP contribution is -2.28. The quantitative estimate of drug-likeness (QED) is 0.268. The smallest absolute Gasteiger partial charge is 0.416 e. The third-order valence-electron chi connectivity index (χ3n) is 5.91. The van der Waals surface area contributed by atoms with Gasteiger partial charge in [0.1, 0.15) is 5.75 Å². The molecule has 0 fully saturated rings. The maximum Gasteiger partial charge on any atom is 0.416 e. The van der Waals surface area contributed by atoms with Gasteiger partial charge >= 0.3 is 6.18 Å². The molecule has 3 aromatic carbocycles. The average Bonchev–Trinajstić information content (AvgIpc) is 2.87. The number of fused-ring (bicyclic) bond motifs is 1. The summed E-state index contributed by atoms with van der Waals surface area (Å²) in [5.41, 5.74) is 3.54. The maximum atomic E-state index is 13.1. The van der Waals surface area contributed by atoms with E-state index in [4.69, 9.17) is 4.74 Å². The first-order valence-corrected chi connectivity index (χ1v) is 11.9. The predicted octanol–water partition coefficient (Wildman–Crippen LogP) is 6.06. The summed E-state index contributed by atoms with van der Waals surface area (Å²) in [6.07, 6.45) is 0.0553. The summed E-state index contributed by atoms with van der Waals surface area (Å²) < 4.78 is 44.7. The molecule has 1 heterocycles. The number of benzene rings is 3. The molecule has 0 aromatic heterocycles. The number of nitrogens with one attached hydrogen (secondary N) is 2. The fourth-order valence-electron chi connectivity index (χ4n) is 4.13. The van der Waals surface area contributed by atoms with Gasteiger partial charge in [-0.3, -0.25) is 4.79 Å². The minimum Gasteiger partial charge on any atom is -0.494 e. The van der Waals surface area contributed by atoms with Crippen molar-refractivity contribution in [1.82, 2.24) is 0 Å². The van der Waals surface area contributed by atoms with Crippen molar-refractivity contribution in [3.05, 3.63) is 107 Å². The highest BCUT2D eigenvalue weighted by atomic mass is 19.4. The van der Waals surface area contributed by atoms with Crippen LogP contribution >= 0.6 is 0 Å². The Morgan fingerprint density at radius 2 is 1.76 bits per heavy atom. The topological polar surface area (TPSA) is 70.6 Å². The van der Waals surface area contributed by atoms with Crippen LogP contribution in [0.4, 0.5) is 24.5 Å². The molecular weight excluding hydrogens is 481 g/mol. The molecule has 0 aliphatic carbocycles. The standard InChI is InChI=1S/C29H27F3N2O3/c1-2-37-23-15-11-20(12-16-23)24(19-9-13-21(14-10-19)29(30,31)32)5-3-8-28(36)34-27-7-4-6-26-25(27)17-22(35)18-33-26/h3-16,22,33,35H,2,17-18H2,1H3,(H,34,36)/b8-3+,24-5-. The van der Waals surface area contributed by atoms with Crippen molar-refractivity contribution < 1.29 is 27.8 Å². The molecule has 0 bridgehead atoms. The van der Waals surface area contributed by atoms with Crippen molar-refractivity contribution in [2.24, 2.45) is 0 Å². The molecule has 1 aliphatic heterocycles. The highest BCUT2D eigenvalue weighted by molar-refractivity contribution is 6.00. The third-order valence-corrected chi connectivity index (χ3v) is 5.91. The lowest BCUT2D eigenvalue weighted by atomic mass is 9.96. The number of rotatable bonds is 7. The largest absolute Gasteiger partial charge is 0.494 e. The number of allylic oxidation sites excluding steroid dienone is 2. The molecule has 1 amide bonds. The van der Waals surface area contributed by atoms with E-state index in [2.05, 4.69) is 10.6 Å². The third kappa shape index (κ3) is 6.59. The number of hydrogen-bond acceptors (Lipinski definition) is 4. The van der Waals surface area contributed by atoms with Crippen LogP contribution in [0.15, 0.2) is 85.0 Å². The molecule has 5 nitrogen and oxygen atoms in total. The Morgan fingerprint density at radius 1 is 1.08 bits per heavy atom. The number of carbonyl (C=O) groups excluding carboxylic acids is 1. The number of β-amino-alcohol motifs (C(OH)–C–C–N with tert-alkyl or cyclic N) is 1. The number of halogens is 3. The van der Waals surface area contributed by atoms with Crippen molar-refractivity contribution in [2.45, 2.75) is 25.6 Å². The zero-order valence-electron chi connectivity index (χ0n) is 20.2. The van der Waals surface area contributed by atoms with Gasteiger partial charge in [-0.15, -0.1) is 0 Å². The van der Waals surface area contributed by atoms with E-state index < -0.39 is 17.8 Å². The van der Waals surface area contributed by atoms with Crippen LogP contribution in [0.1, 0.15) is 29.2 Å². The molecule has 8 heteroatoms. The fourth-order valence-corrected chi connectivity index (χ4v) is 4.13. The summed E-state index contributed by atoms with van der Waals surface area (Å²) >= 11 is 0. The Bertz CT molecular complexity index is 1300. The second-order valence-corrected chi connectivity index (χ2v) is 8.53. The lowest BCUT2D eigenvalue weighted by Gasteiger charge is -2.24. The van der Waals surface area contributed by atoms with Crippen LogP contribution in [-0.2, 0) is 17.4 Å². The summed E-state index contributed by atoms with van der Waals surface area (Å²) in [5, 5.41) is 16.0. The highest BCUT2D eigenvalue weighted by Gasteiger charge is 2.30. The van der Waals surface area contributed by atoms with Gasteiger partial charge < -0.3 is 20.5 Å². The Labute approximate surface area is 213 Å². The number of carbonyl (C=O) groups is 1. The van der Waals surface area contributed by atoms with E-state index in [1.54, 1.807) is 30.4 Å². The van der Waals surface area contributed by atoms with Crippen LogP contribution in [0.2, 0.25) is 0 Å². The van der Waals surface area contributed by atoms with Crippen LogP contribution in [-0.4, -0.2) is 30.3 Å². The van der Waals surface area contributed by atoms with E-state index in [0.29, 0.717) is 42.1 Å². The summed E-state index contributed by atoms with van der Waals surface area (Å²) in [6, 6.07) is 17.6. The number of ether oxygens (including phenoxy) is 1. The van der Waals surface area contributed by atoms with E-state index in [-0.39, 0.29) is 5.91 Å². The molecule has 0 radical (unpaired) electrons. The summed E-state index contributed by atoms with van der Waals surface area (Å²) in [5.74, 6) is 0.307. The SMILES string of the molecule is CCOc1ccc(/C(=C\C=C\C(=O)Nc2cccc3c2CC(O)CN3)c2ccc(C(F)(F)F)cc2)cc1. The van der Waals surface area contributed by atoms with Crippen molar-refractivity contribution in [2.75, 3.05) is 23.8 Å². The van der Waals surface area contributed by atoms with E-state index in [0.717, 1.165) is 28.9 Å². The van der Waals surface area contributed by atoms with Gasteiger partial charge in [-0.25, -0.2) is 0 Å². The Balaban J connectivity index is 1.58. The monoisotopic (exact) mass is 508 g/mol. The summed E-state index contributed by atoms with van der Waals surface area (Å²) in [6.45, 7) is 2.84. The molecule has 1 atom stereocenters. The van der Waals surface area contributed by atoms with Crippen molar-refractivity contribution >= 4 is 22.9 Å². The second kappa shape index (κ2) is 11.3.